The van der Waals surface area contributed by atoms with Crippen LogP contribution < -0.4 is 4.90 Å². The summed E-state index contributed by atoms with van der Waals surface area (Å²) in [5.74, 6) is -0.661. The fraction of sp³-hybridized carbons (Fsp3) is 0.231. The van der Waals surface area contributed by atoms with Crippen LogP contribution in [0.3, 0.4) is 0 Å². The fourth-order valence-electron chi connectivity index (χ4n) is 1.99. The molecule has 19 heavy (non-hydrogen) atoms. The molecule has 3 rings (SSSR count). The highest BCUT2D eigenvalue weighted by Crippen LogP contribution is 2.32. The Balaban J connectivity index is 1.94. The number of aromatic nitrogens is 2. The minimum absolute atomic E-state index is 0.194. The summed E-state index contributed by atoms with van der Waals surface area (Å²) in [4.78, 5) is 24.8. The molecule has 2 heterocycles. The Hall–Kier alpha value is -2.08. The van der Waals surface area contributed by atoms with Crippen LogP contribution in [0.25, 0.3) is 10.6 Å². The van der Waals surface area contributed by atoms with E-state index >= 15 is 0 Å². The van der Waals surface area contributed by atoms with Crippen molar-refractivity contribution in [2.45, 2.75) is 13.3 Å². The maximum absolute atomic E-state index is 11.9. The van der Waals surface area contributed by atoms with Gasteiger partial charge in [0.25, 0.3) is 0 Å². The van der Waals surface area contributed by atoms with Crippen LogP contribution in [0, 0.1) is 5.92 Å². The van der Waals surface area contributed by atoms with E-state index in [1.165, 1.54) is 11.3 Å². The van der Waals surface area contributed by atoms with E-state index in [1.807, 2.05) is 30.3 Å². The molecule has 0 aliphatic carbocycles. The average molecular weight is 273 g/mol. The van der Waals surface area contributed by atoms with Crippen LogP contribution >= 0.6 is 11.3 Å². The van der Waals surface area contributed by atoms with Crippen LogP contribution in [0.15, 0.2) is 30.3 Å². The molecule has 2 aromatic rings. The molecule has 1 fully saturated rings. The van der Waals surface area contributed by atoms with Crippen molar-refractivity contribution in [3.05, 3.63) is 30.3 Å². The maximum Gasteiger partial charge on any atom is 0.239 e. The molecular formula is C13H11N3O2S. The third kappa shape index (κ3) is 2.04. The lowest BCUT2D eigenvalue weighted by Gasteiger charge is -2.08. The molecule has 96 valence electrons. The van der Waals surface area contributed by atoms with Crippen molar-refractivity contribution < 1.29 is 9.59 Å². The van der Waals surface area contributed by atoms with Gasteiger partial charge in [-0.1, -0.05) is 48.6 Å². The smallest absolute Gasteiger partial charge is 0.239 e. The van der Waals surface area contributed by atoms with Gasteiger partial charge in [-0.3, -0.25) is 9.59 Å². The fourth-order valence-corrected chi connectivity index (χ4v) is 2.86. The Labute approximate surface area is 113 Å². The Morgan fingerprint density at radius 1 is 1.21 bits per heavy atom. The number of imide groups is 1. The van der Waals surface area contributed by atoms with Gasteiger partial charge in [0.15, 0.2) is 0 Å². The lowest BCUT2D eigenvalue weighted by Crippen LogP contribution is -2.29. The van der Waals surface area contributed by atoms with Crippen LogP contribution in [-0.2, 0) is 9.59 Å². The molecule has 0 bridgehead atoms. The van der Waals surface area contributed by atoms with Crippen LogP contribution in [0.2, 0.25) is 0 Å². The molecule has 1 saturated heterocycles. The Morgan fingerprint density at radius 3 is 2.58 bits per heavy atom. The van der Waals surface area contributed by atoms with Gasteiger partial charge in [0, 0.05) is 17.9 Å². The van der Waals surface area contributed by atoms with Gasteiger partial charge >= 0.3 is 0 Å². The number of benzene rings is 1. The number of hydrogen-bond acceptors (Lipinski definition) is 5. The number of rotatable bonds is 2. The van der Waals surface area contributed by atoms with E-state index in [-0.39, 0.29) is 24.2 Å². The molecule has 6 heteroatoms. The third-order valence-electron chi connectivity index (χ3n) is 3.00. The molecule has 2 amide bonds. The van der Waals surface area contributed by atoms with Crippen LogP contribution in [0.4, 0.5) is 5.13 Å². The van der Waals surface area contributed by atoms with Gasteiger partial charge in [0.1, 0.15) is 5.01 Å². The van der Waals surface area contributed by atoms with Crippen LogP contribution in [-0.4, -0.2) is 22.0 Å². The van der Waals surface area contributed by atoms with Crippen molar-refractivity contribution >= 4 is 28.3 Å². The lowest BCUT2D eigenvalue weighted by atomic mass is 10.1. The van der Waals surface area contributed by atoms with Crippen LogP contribution in [0.1, 0.15) is 13.3 Å². The topological polar surface area (TPSA) is 63.2 Å². The summed E-state index contributed by atoms with van der Waals surface area (Å²) in [5, 5.41) is 9.07. The first-order valence-electron chi connectivity index (χ1n) is 5.92. The molecule has 0 radical (unpaired) electrons. The maximum atomic E-state index is 11.9. The van der Waals surface area contributed by atoms with E-state index in [0.29, 0.717) is 10.1 Å². The number of amides is 2. The van der Waals surface area contributed by atoms with Gasteiger partial charge in [0.2, 0.25) is 16.9 Å². The zero-order chi connectivity index (χ0) is 13.4. The lowest BCUT2D eigenvalue weighted by molar-refractivity contribution is -0.122. The average Bonchev–Trinajstić information content (AvgIpc) is 2.97. The molecule has 0 N–H and O–H groups in total. The number of carbonyl (C=O) groups excluding carboxylic acids is 2. The third-order valence-corrected chi connectivity index (χ3v) is 3.96. The highest BCUT2D eigenvalue weighted by atomic mass is 32.1. The molecule has 1 unspecified atom stereocenters. The summed E-state index contributed by atoms with van der Waals surface area (Å²) < 4.78 is 0. The van der Waals surface area contributed by atoms with E-state index in [2.05, 4.69) is 10.2 Å². The van der Waals surface area contributed by atoms with Gasteiger partial charge in [-0.2, -0.15) is 0 Å². The number of carbonyl (C=O) groups is 2. The molecule has 1 aliphatic rings. The predicted molar refractivity (Wildman–Crippen MR) is 71.6 cm³/mol. The van der Waals surface area contributed by atoms with E-state index in [9.17, 15) is 9.59 Å². The first-order chi connectivity index (χ1) is 9.16. The molecule has 0 saturated carbocycles. The van der Waals surface area contributed by atoms with Crippen molar-refractivity contribution in [2.75, 3.05) is 4.90 Å². The molecule has 1 aromatic heterocycles. The summed E-state index contributed by atoms with van der Waals surface area (Å²) in [5.41, 5.74) is 0.929. The van der Waals surface area contributed by atoms with Crippen molar-refractivity contribution in [3.63, 3.8) is 0 Å². The van der Waals surface area contributed by atoms with Gasteiger partial charge < -0.3 is 0 Å². The van der Waals surface area contributed by atoms with Gasteiger partial charge in [-0.25, -0.2) is 4.90 Å². The molecule has 5 nitrogen and oxygen atoms in total. The normalized spacial score (nSPS) is 19.2. The summed E-state index contributed by atoms with van der Waals surface area (Å²) in [7, 11) is 0. The zero-order valence-corrected chi connectivity index (χ0v) is 11.1. The van der Waals surface area contributed by atoms with E-state index < -0.39 is 0 Å². The number of nitrogens with zero attached hydrogens (tertiary/aromatic N) is 3. The first-order valence-corrected chi connectivity index (χ1v) is 6.74. The molecule has 1 aliphatic heterocycles. The quantitative estimate of drug-likeness (QED) is 0.786. The summed E-state index contributed by atoms with van der Waals surface area (Å²) in [6.07, 6.45) is 0.249. The summed E-state index contributed by atoms with van der Waals surface area (Å²) >= 11 is 1.25. The minimum atomic E-state index is -0.267. The molecule has 1 atom stereocenters. The second-order valence-electron chi connectivity index (χ2n) is 4.43. The number of hydrogen-bond donors (Lipinski definition) is 0. The van der Waals surface area contributed by atoms with Crippen LogP contribution in [0.5, 0.6) is 0 Å². The Morgan fingerprint density at radius 2 is 1.95 bits per heavy atom. The largest absolute Gasteiger partial charge is 0.274 e. The molecule has 1 aromatic carbocycles. The summed E-state index contributed by atoms with van der Waals surface area (Å²) in [6, 6.07) is 9.57. The second-order valence-corrected chi connectivity index (χ2v) is 5.38. The zero-order valence-electron chi connectivity index (χ0n) is 10.2. The SMILES string of the molecule is CC1CC(=O)N(c2nnc(-c3ccccc3)s2)C1=O. The van der Waals surface area contributed by atoms with E-state index in [0.717, 1.165) is 10.5 Å². The molecular weight excluding hydrogens is 262 g/mol. The van der Waals surface area contributed by atoms with Crippen molar-refractivity contribution in [1.82, 2.24) is 10.2 Å². The number of anilines is 1. The minimum Gasteiger partial charge on any atom is -0.274 e. The van der Waals surface area contributed by atoms with Gasteiger partial charge in [-0.05, 0) is 0 Å². The van der Waals surface area contributed by atoms with Gasteiger partial charge in [-0.15, -0.1) is 10.2 Å². The highest BCUT2D eigenvalue weighted by molar-refractivity contribution is 7.18. The summed E-state index contributed by atoms with van der Waals surface area (Å²) in [6.45, 7) is 1.75. The van der Waals surface area contributed by atoms with E-state index in [4.69, 9.17) is 0 Å². The first kappa shape index (κ1) is 12.0. The highest BCUT2D eigenvalue weighted by Gasteiger charge is 2.38. The second kappa shape index (κ2) is 4.55. The predicted octanol–water partition coefficient (Wildman–Crippen LogP) is 2.10. The van der Waals surface area contributed by atoms with Gasteiger partial charge in [0.05, 0.1) is 0 Å². The Kier molecular flexibility index (Phi) is 2.87. The molecule has 0 spiro atoms. The monoisotopic (exact) mass is 273 g/mol. The standard InChI is InChI=1S/C13H11N3O2S/c1-8-7-10(17)16(12(8)18)13-15-14-11(19-13)9-5-3-2-4-6-9/h2-6,8H,7H2,1H3. The van der Waals surface area contributed by atoms with Crippen molar-refractivity contribution in [2.24, 2.45) is 5.92 Å². The van der Waals surface area contributed by atoms with Crippen molar-refractivity contribution in [3.8, 4) is 10.6 Å². The Bertz CT molecular complexity index is 638. The van der Waals surface area contributed by atoms with Crippen molar-refractivity contribution in [1.29, 1.82) is 0 Å². The van der Waals surface area contributed by atoms with E-state index in [1.54, 1.807) is 6.92 Å².